The van der Waals surface area contributed by atoms with Gasteiger partial charge >= 0.3 is 5.76 Å². The number of allylic oxidation sites excluding steroid dienone is 1. The largest absolute Gasteiger partial charge is 0.493 e. The van der Waals surface area contributed by atoms with Crippen LogP contribution in [0, 0.1) is 0 Å². The molecule has 0 saturated heterocycles. The molecule has 0 atom stereocenters. The third kappa shape index (κ3) is 2.81. The fourth-order valence-corrected chi connectivity index (χ4v) is 2.37. The zero-order valence-corrected chi connectivity index (χ0v) is 13.2. The molecule has 1 aromatic heterocycles. The van der Waals surface area contributed by atoms with Gasteiger partial charge in [0.05, 0.1) is 19.7 Å². The minimum absolute atomic E-state index is 0.371. The highest BCUT2D eigenvalue weighted by atomic mass is 16.5. The number of fused-ring (bicyclic) bond motifs is 1. The molecule has 0 radical (unpaired) electrons. The molecule has 6 nitrogen and oxygen atoms in total. The first-order valence-electron chi connectivity index (χ1n) is 7.19. The van der Waals surface area contributed by atoms with Gasteiger partial charge in [-0.05, 0) is 35.9 Å². The maximum absolute atomic E-state index is 12.4. The van der Waals surface area contributed by atoms with Crippen LogP contribution in [0.25, 0.3) is 17.2 Å². The van der Waals surface area contributed by atoms with Crippen molar-refractivity contribution < 1.29 is 18.7 Å². The minimum Gasteiger partial charge on any atom is -0.493 e. The monoisotopic (exact) mass is 325 g/mol. The van der Waals surface area contributed by atoms with Gasteiger partial charge in [-0.3, -0.25) is 4.79 Å². The van der Waals surface area contributed by atoms with Crippen LogP contribution >= 0.6 is 0 Å². The SMILES string of the molecule is COc1ccc(C=CC(=O)n2c(=O)oc3ccccc32)cc1OC. The van der Waals surface area contributed by atoms with Crippen molar-refractivity contribution in [1.82, 2.24) is 4.57 Å². The van der Waals surface area contributed by atoms with E-state index in [0.29, 0.717) is 22.6 Å². The van der Waals surface area contributed by atoms with Crippen molar-refractivity contribution in [3.63, 3.8) is 0 Å². The molecule has 24 heavy (non-hydrogen) atoms. The molecule has 6 heteroatoms. The van der Waals surface area contributed by atoms with Crippen LogP contribution < -0.4 is 15.2 Å². The van der Waals surface area contributed by atoms with Crippen molar-refractivity contribution in [1.29, 1.82) is 0 Å². The van der Waals surface area contributed by atoms with Gasteiger partial charge in [0.25, 0.3) is 5.91 Å². The molecule has 0 aliphatic carbocycles. The van der Waals surface area contributed by atoms with Gasteiger partial charge in [0.15, 0.2) is 17.1 Å². The van der Waals surface area contributed by atoms with Crippen LogP contribution in [0.5, 0.6) is 11.5 Å². The van der Waals surface area contributed by atoms with Gasteiger partial charge < -0.3 is 13.9 Å². The topological polar surface area (TPSA) is 70.7 Å². The van der Waals surface area contributed by atoms with Gasteiger partial charge in [-0.15, -0.1) is 0 Å². The van der Waals surface area contributed by atoms with E-state index in [1.807, 2.05) is 0 Å². The molecule has 0 amide bonds. The van der Waals surface area contributed by atoms with E-state index in [1.165, 1.54) is 13.2 Å². The number of rotatable bonds is 4. The molecule has 1 heterocycles. The van der Waals surface area contributed by atoms with Crippen LogP contribution in [0.2, 0.25) is 0 Å². The molecule has 0 aliphatic rings. The van der Waals surface area contributed by atoms with Gasteiger partial charge in [0.1, 0.15) is 0 Å². The van der Waals surface area contributed by atoms with Gasteiger partial charge in [-0.2, -0.15) is 0 Å². The molecule has 3 rings (SSSR count). The number of para-hydroxylation sites is 2. The molecule has 0 spiro atoms. The van der Waals surface area contributed by atoms with Crippen molar-refractivity contribution in [2.75, 3.05) is 14.2 Å². The lowest BCUT2D eigenvalue weighted by molar-refractivity contribution is 0.0966. The summed E-state index contributed by atoms with van der Waals surface area (Å²) in [7, 11) is 3.08. The molecule has 0 unspecified atom stereocenters. The fourth-order valence-electron chi connectivity index (χ4n) is 2.37. The van der Waals surface area contributed by atoms with Crippen LogP contribution in [-0.4, -0.2) is 24.7 Å². The quantitative estimate of drug-likeness (QED) is 0.690. The van der Waals surface area contributed by atoms with E-state index in [4.69, 9.17) is 13.9 Å². The molecular formula is C18H15NO5. The van der Waals surface area contributed by atoms with Gasteiger partial charge in [0, 0.05) is 6.08 Å². The summed E-state index contributed by atoms with van der Waals surface area (Å²) in [4.78, 5) is 24.2. The van der Waals surface area contributed by atoms with Crippen molar-refractivity contribution in [3.05, 3.63) is 64.7 Å². The number of benzene rings is 2. The molecule has 0 saturated carbocycles. The van der Waals surface area contributed by atoms with Crippen molar-refractivity contribution in [3.8, 4) is 11.5 Å². The Hall–Kier alpha value is -3.28. The van der Waals surface area contributed by atoms with Gasteiger partial charge in [0.2, 0.25) is 0 Å². The maximum Gasteiger partial charge on any atom is 0.427 e. The summed E-state index contributed by atoms with van der Waals surface area (Å²) in [6, 6.07) is 12.0. The summed E-state index contributed by atoms with van der Waals surface area (Å²) >= 11 is 0. The summed E-state index contributed by atoms with van der Waals surface area (Å²) in [5.41, 5.74) is 1.54. The molecule has 2 aromatic carbocycles. The lowest BCUT2D eigenvalue weighted by Crippen LogP contribution is -2.20. The first-order valence-corrected chi connectivity index (χ1v) is 7.19. The standard InChI is InChI=1S/C18H15NO5/c1-22-15-9-7-12(11-16(15)23-2)8-10-17(20)19-13-5-3-4-6-14(13)24-18(19)21/h3-11H,1-2H3. The highest BCUT2D eigenvalue weighted by Crippen LogP contribution is 2.28. The number of aromatic nitrogens is 1. The molecule has 0 fully saturated rings. The van der Waals surface area contributed by atoms with Gasteiger partial charge in [-0.1, -0.05) is 18.2 Å². The summed E-state index contributed by atoms with van der Waals surface area (Å²) in [5, 5.41) is 0. The number of nitrogens with zero attached hydrogens (tertiary/aromatic N) is 1. The van der Waals surface area contributed by atoms with Crippen LogP contribution in [-0.2, 0) is 0 Å². The Morgan fingerprint density at radius 3 is 2.58 bits per heavy atom. The Morgan fingerprint density at radius 1 is 1.08 bits per heavy atom. The third-order valence-corrected chi connectivity index (χ3v) is 3.53. The molecule has 0 N–H and O–H groups in total. The summed E-state index contributed by atoms with van der Waals surface area (Å²) in [6.45, 7) is 0. The van der Waals surface area contributed by atoms with E-state index < -0.39 is 11.7 Å². The Morgan fingerprint density at radius 2 is 1.83 bits per heavy atom. The van der Waals surface area contributed by atoms with E-state index in [-0.39, 0.29) is 0 Å². The highest BCUT2D eigenvalue weighted by molar-refractivity contribution is 5.98. The second-order valence-corrected chi connectivity index (χ2v) is 4.96. The third-order valence-electron chi connectivity index (χ3n) is 3.53. The summed E-state index contributed by atoms with van der Waals surface area (Å²) in [6.07, 6.45) is 2.91. The van der Waals surface area contributed by atoms with Crippen LogP contribution in [0.15, 0.2) is 57.8 Å². The van der Waals surface area contributed by atoms with Crippen molar-refractivity contribution >= 4 is 23.1 Å². The van der Waals surface area contributed by atoms with Crippen molar-refractivity contribution in [2.45, 2.75) is 0 Å². The second kappa shape index (κ2) is 6.45. The smallest absolute Gasteiger partial charge is 0.427 e. The number of ether oxygens (including phenoxy) is 2. The Labute approximate surface area is 137 Å². The number of hydrogen-bond acceptors (Lipinski definition) is 5. The average Bonchev–Trinajstić information content (AvgIpc) is 2.95. The number of carbonyl (C=O) groups is 1. The van der Waals surface area contributed by atoms with E-state index >= 15 is 0 Å². The van der Waals surface area contributed by atoms with Gasteiger partial charge in [-0.25, -0.2) is 9.36 Å². The van der Waals surface area contributed by atoms with Crippen molar-refractivity contribution in [2.24, 2.45) is 0 Å². The number of hydrogen-bond donors (Lipinski definition) is 0. The Balaban J connectivity index is 1.93. The Kier molecular flexibility index (Phi) is 4.20. The first kappa shape index (κ1) is 15.6. The lowest BCUT2D eigenvalue weighted by atomic mass is 10.2. The minimum atomic E-state index is -0.710. The molecular weight excluding hydrogens is 310 g/mol. The fraction of sp³-hybridized carbons (Fsp3) is 0.111. The van der Waals surface area contributed by atoms with Crippen LogP contribution in [0.4, 0.5) is 0 Å². The molecule has 0 bridgehead atoms. The molecule has 0 aliphatic heterocycles. The normalized spacial score (nSPS) is 11.1. The predicted molar refractivity (Wildman–Crippen MR) is 89.7 cm³/mol. The van der Waals surface area contributed by atoms with E-state index in [2.05, 4.69) is 0 Å². The zero-order valence-electron chi connectivity index (χ0n) is 13.2. The van der Waals surface area contributed by atoms with Crippen LogP contribution in [0.1, 0.15) is 10.4 Å². The maximum atomic E-state index is 12.4. The highest BCUT2D eigenvalue weighted by Gasteiger charge is 2.13. The summed E-state index contributed by atoms with van der Waals surface area (Å²) < 4.78 is 16.4. The summed E-state index contributed by atoms with van der Waals surface area (Å²) in [5.74, 6) is -0.0473. The van der Waals surface area contributed by atoms with E-state index in [9.17, 15) is 9.59 Å². The number of methoxy groups -OCH3 is 2. The Bertz CT molecular complexity index is 980. The number of oxazole rings is 1. The second-order valence-electron chi connectivity index (χ2n) is 4.96. The van der Waals surface area contributed by atoms with Crippen LogP contribution in [0.3, 0.4) is 0 Å². The predicted octanol–water partition coefficient (Wildman–Crippen LogP) is 2.97. The molecule has 3 aromatic rings. The van der Waals surface area contributed by atoms with E-state index in [1.54, 1.807) is 55.7 Å². The number of carbonyl (C=O) groups excluding carboxylic acids is 1. The first-order chi connectivity index (χ1) is 11.6. The zero-order chi connectivity index (χ0) is 17.1. The lowest BCUT2D eigenvalue weighted by Gasteiger charge is -2.07. The molecule has 122 valence electrons. The van der Waals surface area contributed by atoms with E-state index in [0.717, 1.165) is 10.1 Å². The average molecular weight is 325 g/mol.